The lowest BCUT2D eigenvalue weighted by Crippen LogP contribution is -2.44. The second-order valence-electron chi connectivity index (χ2n) is 10.1. The fraction of sp³-hybridized carbons (Fsp3) is 0.379. The molecule has 1 saturated heterocycles. The molecular formula is C29H33N5O3. The van der Waals surface area contributed by atoms with Crippen molar-refractivity contribution in [2.24, 2.45) is 13.0 Å². The molecule has 2 aromatic carbocycles. The number of benzene rings is 2. The summed E-state index contributed by atoms with van der Waals surface area (Å²) in [5.74, 6) is -0.560. The normalized spacial score (nSPS) is 17.3. The first kappa shape index (κ1) is 24.7. The average Bonchev–Trinajstić information content (AvgIpc) is 3.25. The quantitative estimate of drug-likeness (QED) is 0.593. The third-order valence-electron chi connectivity index (χ3n) is 7.51. The molecule has 0 spiro atoms. The van der Waals surface area contributed by atoms with Crippen LogP contribution in [0, 0.1) is 19.8 Å². The van der Waals surface area contributed by atoms with E-state index in [1.54, 1.807) is 14.5 Å². The number of nitrogens with zero attached hydrogens (tertiary/aromatic N) is 4. The number of aromatic nitrogens is 2. The van der Waals surface area contributed by atoms with Crippen molar-refractivity contribution in [2.75, 3.05) is 25.0 Å². The Labute approximate surface area is 217 Å². The summed E-state index contributed by atoms with van der Waals surface area (Å²) in [4.78, 5) is 43.4. The maximum Gasteiger partial charge on any atom is 0.274 e. The molecule has 1 fully saturated rings. The van der Waals surface area contributed by atoms with E-state index in [0.29, 0.717) is 43.9 Å². The molecule has 37 heavy (non-hydrogen) atoms. The molecule has 0 aliphatic carbocycles. The molecule has 0 bridgehead atoms. The second-order valence-corrected chi connectivity index (χ2v) is 10.1. The lowest BCUT2D eigenvalue weighted by atomic mass is 9.96. The van der Waals surface area contributed by atoms with Crippen molar-refractivity contribution < 1.29 is 14.4 Å². The van der Waals surface area contributed by atoms with Crippen molar-refractivity contribution >= 4 is 23.4 Å². The van der Waals surface area contributed by atoms with Gasteiger partial charge in [-0.2, -0.15) is 5.10 Å². The van der Waals surface area contributed by atoms with Gasteiger partial charge in [0, 0.05) is 55.6 Å². The summed E-state index contributed by atoms with van der Waals surface area (Å²) in [5, 5.41) is 7.61. The molecule has 1 aromatic heterocycles. The first-order valence-corrected chi connectivity index (χ1v) is 12.9. The Morgan fingerprint density at radius 2 is 1.70 bits per heavy atom. The molecule has 5 rings (SSSR count). The maximum absolute atomic E-state index is 13.7. The van der Waals surface area contributed by atoms with E-state index in [1.807, 2.05) is 69.4 Å². The van der Waals surface area contributed by atoms with Crippen LogP contribution in [0.15, 0.2) is 48.5 Å². The van der Waals surface area contributed by atoms with Crippen LogP contribution in [0.25, 0.3) is 0 Å². The summed E-state index contributed by atoms with van der Waals surface area (Å²) in [5.41, 5.74) is 5.73. The van der Waals surface area contributed by atoms with Gasteiger partial charge in [-0.15, -0.1) is 0 Å². The predicted molar refractivity (Wildman–Crippen MR) is 141 cm³/mol. The Morgan fingerprint density at radius 3 is 2.46 bits per heavy atom. The Kier molecular flexibility index (Phi) is 6.82. The number of likely N-dealkylation sites (tertiary alicyclic amines) is 1. The van der Waals surface area contributed by atoms with Gasteiger partial charge in [-0.1, -0.05) is 35.9 Å². The molecule has 8 nitrogen and oxygen atoms in total. The van der Waals surface area contributed by atoms with E-state index in [-0.39, 0.29) is 23.6 Å². The summed E-state index contributed by atoms with van der Waals surface area (Å²) in [7, 11) is 1.85. The number of carbonyl (C=O) groups excluding carboxylic acids is 3. The molecule has 2 aliphatic heterocycles. The summed E-state index contributed by atoms with van der Waals surface area (Å²) >= 11 is 0. The van der Waals surface area contributed by atoms with Crippen molar-refractivity contribution in [1.82, 2.24) is 19.6 Å². The summed E-state index contributed by atoms with van der Waals surface area (Å²) in [6, 6.07) is 15.3. The van der Waals surface area contributed by atoms with E-state index in [2.05, 4.69) is 10.4 Å². The van der Waals surface area contributed by atoms with Gasteiger partial charge in [-0.25, -0.2) is 0 Å². The van der Waals surface area contributed by atoms with Gasteiger partial charge in [0.15, 0.2) is 5.69 Å². The number of hydrogen-bond donors (Lipinski definition) is 1. The van der Waals surface area contributed by atoms with Crippen molar-refractivity contribution in [3.8, 4) is 0 Å². The number of fused-ring (bicyclic) bond motifs is 1. The zero-order chi connectivity index (χ0) is 26.1. The lowest BCUT2D eigenvalue weighted by Gasteiger charge is -2.32. The zero-order valence-corrected chi connectivity index (χ0v) is 21.7. The first-order chi connectivity index (χ1) is 17.8. The fourth-order valence-electron chi connectivity index (χ4n) is 5.29. The molecule has 3 aromatic rings. The minimum absolute atomic E-state index is 0.0428. The number of aryl methyl sites for hydroxylation is 3. The molecule has 8 heteroatoms. The molecule has 1 unspecified atom stereocenters. The maximum atomic E-state index is 13.7. The van der Waals surface area contributed by atoms with Crippen LogP contribution in [0.1, 0.15) is 56.1 Å². The van der Waals surface area contributed by atoms with Crippen LogP contribution in [0.2, 0.25) is 0 Å². The van der Waals surface area contributed by atoms with E-state index < -0.39 is 0 Å². The number of amides is 3. The van der Waals surface area contributed by atoms with Crippen molar-refractivity contribution in [3.05, 3.63) is 82.2 Å². The second kappa shape index (κ2) is 10.2. The number of anilines is 1. The average molecular weight is 500 g/mol. The molecule has 192 valence electrons. The first-order valence-electron chi connectivity index (χ1n) is 12.9. The number of para-hydroxylation sites is 1. The number of piperidine rings is 1. The Morgan fingerprint density at radius 1 is 0.946 bits per heavy atom. The molecule has 1 atom stereocenters. The number of carbonyl (C=O) groups is 3. The van der Waals surface area contributed by atoms with Crippen molar-refractivity contribution in [1.29, 1.82) is 0 Å². The molecule has 0 saturated carbocycles. The smallest absolute Gasteiger partial charge is 0.274 e. The zero-order valence-electron chi connectivity index (χ0n) is 21.7. The number of nitrogens with one attached hydrogen (secondary N) is 1. The van der Waals surface area contributed by atoms with Gasteiger partial charge < -0.3 is 15.1 Å². The molecule has 3 heterocycles. The monoisotopic (exact) mass is 499 g/mol. The number of hydrogen-bond acceptors (Lipinski definition) is 4. The van der Waals surface area contributed by atoms with Gasteiger partial charge in [0.1, 0.15) is 0 Å². The molecule has 0 radical (unpaired) electrons. The fourth-order valence-corrected chi connectivity index (χ4v) is 5.29. The summed E-state index contributed by atoms with van der Waals surface area (Å²) in [6.45, 7) is 5.83. The lowest BCUT2D eigenvalue weighted by molar-refractivity contribution is -0.121. The van der Waals surface area contributed by atoms with Gasteiger partial charge in [0.2, 0.25) is 5.91 Å². The minimum Gasteiger partial charge on any atom is -0.336 e. The standard InChI is InChI=1S/C29H33N5O3/c1-19-10-12-21(13-11-19)28(36)34-16-14-25-23(18-34)26(31-32(25)3)29(37)33-15-6-8-22(17-33)27(35)30-24-9-5-4-7-20(24)2/h4-5,7,9-13,22H,6,8,14-18H2,1-3H3,(H,30,35). The largest absolute Gasteiger partial charge is 0.336 e. The topological polar surface area (TPSA) is 87.5 Å². The van der Waals surface area contributed by atoms with Gasteiger partial charge in [-0.05, 0) is 50.5 Å². The highest BCUT2D eigenvalue weighted by Crippen LogP contribution is 2.27. The van der Waals surface area contributed by atoms with Crippen LogP contribution < -0.4 is 5.32 Å². The molecule has 2 aliphatic rings. The van der Waals surface area contributed by atoms with Gasteiger partial charge in [0.05, 0.1) is 12.5 Å². The third kappa shape index (κ3) is 5.01. The SMILES string of the molecule is Cc1ccc(C(=O)N2CCc3c(c(C(=O)N4CCCC(C(=O)Nc5ccccc5C)C4)nn3C)C2)cc1. The predicted octanol–water partition coefficient (Wildman–Crippen LogP) is 3.73. The highest BCUT2D eigenvalue weighted by atomic mass is 16.2. The van der Waals surface area contributed by atoms with Crippen LogP contribution in [0.5, 0.6) is 0 Å². The van der Waals surface area contributed by atoms with Gasteiger partial charge in [-0.3, -0.25) is 19.1 Å². The van der Waals surface area contributed by atoms with Crippen LogP contribution in [-0.4, -0.2) is 56.9 Å². The molecule has 1 N–H and O–H groups in total. The van der Waals surface area contributed by atoms with E-state index >= 15 is 0 Å². The van der Waals surface area contributed by atoms with E-state index in [0.717, 1.165) is 40.9 Å². The minimum atomic E-state index is -0.281. The highest BCUT2D eigenvalue weighted by Gasteiger charge is 2.34. The van der Waals surface area contributed by atoms with E-state index in [1.165, 1.54) is 0 Å². The van der Waals surface area contributed by atoms with Crippen molar-refractivity contribution in [2.45, 2.75) is 39.7 Å². The Hall–Kier alpha value is -3.94. The third-order valence-corrected chi connectivity index (χ3v) is 7.51. The molecule has 3 amide bonds. The summed E-state index contributed by atoms with van der Waals surface area (Å²) < 4.78 is 1.77. The Bertz CT molecular complexity index is 1340. The molecular weight excluding hydrogens is 466 g/mol. The van der Waals surface area contributed by atoms with Gasteiger partial charge >= 0.3 is 0 Å². The number of rotatable bonds is 4. The van der Waals surface area contributed by atoms with Crippen LogP contribution >= 0.6 is 0 Å². The van der Waals surface area contributed by atoms with E-state index in [9.17, 15) is 14.4 Å². The highest BCUT2D eigenvalue weighted by molar-refractivity contribution is 5.97. The van der Waals surface area contributed by atoms with Crippen LogP contribution in [0.4, 0.5) is 5.69 Å². The van der Waals surface area contributed by atoms with Crippen molar-refractivity contribution in [3.63, 3.8) is 0 Å². The Balaban J connectivity index is 1.31. The van der Waals surface area contributed by atoms with Gasteiger partial charge in [0.25, 0.3) is 11.8 Å². The van der Waals surface area contributed by atoms with Crippen LogP contribution in [0.3, 0.4) is 0 Å². The van der Waals surface area contributed by atoms with Crippen LogP contribution in [-0.2, 0) is 24.8 Å². The van der Waals surface area contributed by atoms with E-state index in [4.69, 9.17) is 0 Å². The summed E-state index contributed by atoms with van der Waals surface area (Å²) in [6.07, 6.45) is 2.14.